The van der Waals surface area contributed by atoms with Crippen LogP contribution in [0.3, 0.4) is 0 Å². The van der Waals surface area contributed by atoms with Crippen molar-refractivity contribution in [1.29, 1.82) is 5.26 Å². The van der Waals surface area contributed by atoms with Crippen LogP contribution < -0.4 is 10.6 Å². The molecule has 3 heterocycles. The standard InChI is InChI=1S/C20H18N6O2/c1-13-17(25-10-3-2-4-16(25)23-13)18-19(27)22-9-11-26(18)20(28)24-15-7-5-14(12-21)6-8-15/h2-8,10,18H,9,11H2,1H3,(H,22,27)(H,24,28). The Morgan fingerprint density at radius 1 is 1.29 bits per heavy atom. The lowest BCUT2D eigenvalue weighted by atomic mass is 10.1. The van der Waals surface area contributed by atoms with Crippen molar-refractivity contribution in [2.24, 2.45) is 0 Å². The number of carbonyl (C=O) groups excluding carboxylic acids is 2. The van der Waals surface area contributed by atoms with Gasteiger partial charge in [0.1, 0.15) is 5.65 Å². The maximum atomic E-state index is 13.0. The van der Waals surface area contributed by atoms with Gasteiger partial charge in [-0.1, -0.05) is 6.07 Å². The monoisotopic (exact) mass is 374 g/mol. The number of anilines is 1. The average molecular weight is 374 g/mol. The second-order valence-corrected chi connectivity index (χ2v) is 6.52. The van der Waals surface area contributed by atoms with Crippen LogP contribution in [0, 0.1) is 18.3 Å². The zero-order valence-electron chi connectivity index (χ0n) is 15.2. The normalized spacial score (nSPS) is 16.5. The van der Waals surface area contributed by atoms with E-state index in [2.05, 4.69) is 15.6 Å². The van der Waals surface area contributed by atoms with Gasteiger partial charge in [0.25, 0.3) is 0 Å². The number of nitrogens with zero attached hydrogens (tertiary/aromatic N) is 4. The minimum Gasteiger partial charge on any atom is -0.352 e. The summed E-state index contributed by atoms with van der Waals surface area (Å²) in [6.07, 6.45) is 1.84. The molecule has 0 spiro atoms. The number of piperazine rings is 1. The summed E-state index contributed by atoms with van der Waals surface area (Å²) in [6, 6.07) is 13.1. The number of aromatic nitrogens is 2. The smallest absolute Gasteiger partial charge is 0.322 e. The number of amides is 3. The summed E-state index contributed by atoms with van der Waals surface area (Å²) >= 11 is 0. The highest BCUT2D eigenvalue weighted by Gasteiger charge is 2.37. The van der Waals surface area contributed by atoms with E-state index in [-0.39, 0.29) is 11.9 Å². The van der Waals surface area contributed by atoms with E-state index in [4.69, 9.17) is 5.26 Å². The molecule has 1 atom stereocenters. The van der Waals surface area contributed by atoms with Crippen LogP contribution in [0.25, 0.3) is 5.65 Å². The minimum atomic E-state index is -0.787. The fourth-order valence-electron chi connectivity index (χ4n) is 3.44. The van der Waals surface area contributed by atoms with Gasteiger partial charge in [0, 0.05) is 25.0 Å². The van der Waals surface area contributed by atoms with Gasteiger partial charge in [-0.25, -0.2) is 9.78 Å². The second kappa shape index (κ2) is 7.04. The molecule has 8 nitrogen and oxygen atoms in total. The molecule has 0 saturated carbocycles. The predicted octanol–water partition coefficient (Wildman–Crippen LogP) is 2.22. The number of urea groups is 1. The van der Waals surface area contributed by atoms with Crippen molar-refractivity contribution in [3.63, 3.8) is 0 Å². The summed E-state index contributed by atoms with van der Waals surface area (Å²) in [6.45, 7) is 2.59. The third-order valence-corrected chi connectivity index (χ3v) is 4.75. The van der Waals surface area contributed by atoms with E-state index >= 15 is 0 Å². The molecule has 2 N–H and O–H groups in total. The fraction of sp³-hybridized carbons (Fsp3) is 0.200. The predicted molar refractivity (Wildman–Crippen MR) is 103 cm³/mol. The third kappa shape index (κ3) is 3.03. The van der Waals surface area contributed by atoms with Crippen molar-refractivity contribution in [3.8, 4) is 6.07 Å². The summed E-state index contributed by atoms with van der Waals surface area (Å²) in [5.74, 6) is -0.241. The highest BCUT2D eigenvalue weighted by atomic mass is 16.2. The highest BCUT2D eigenvalue weighted by Crippen LogP contribution is 2.28. The Bertz CT molecular complexity index is 1100. The molecule has 28 heavy (non-hydrogen) atoms. The molecule has 1 aliphatic rings. The number of carbonyl (C=O) groups is 2. The number of pyridine rings is 1. The van der Waals surface area contributed by atoms with E-state index < -0.39 is 6.04 Å². The second-order valence-electron chi connectivity index (χ2n) is 6.52. The number of rotatable bonds is 2. The molecular formula is C20H18N6O2. The molecule has 140 valence electrons. The molecule has 1 unspecified atom stereocenters. The van der Waals surface area contributed by atoms with Crippen LogP contribution in [0.1, 0.15) is 23.0 Å². The van der Waals surface area contributed by atoms with Gasteiger partial charge >= 0.3 is 6.03 Å². The first kappa shape index (κ1) is 17.5. The SMILES string of the molecule is Cc1nc2ccccn2c1C1C(=O)NCCN1C(=O)Nc1ccc(C#N)cc1. The zero-order chi connectivity index (χ0) is 19.7. The van der Waals surface area contributed by atoms with Crippen LogP contribution in [-0.4, -0.2) is 39.3 Å². The van der Waals surface area contributed by atoms with Crippen LogP contribution in [-0.2, 0) is 4.79 Å². The lowest BCUT2D eigenvalue weighted by molar-refractivity contribution is -0.127. The molecule has 8 heteroatoms. The van der Waals surface area contributed by atoms with Gasteiger partial charge < -0.3 is 19.9 Å². The topological polar surface area (TPSA) is 103 Å². The van der Waals surface area contributed by atoms with Crippen molar-refractivity contribution in [1.82, 2.24) is 19.6 Å². The number of fused-ring (bicyclic) bond motifs is 1. The van der Waals surface area contributed by atoms with Crippen molar-refractivity contribution in [2.45, 2.75) is 13.0 Å². The molecule has 1 aromatic carbocycles. The quantitative estimate of drug-likeness (QED) is 0.718. The molecule has 4 rings (SSSR count). The summed E-state index contributed by atoms with van der Waals surface area (Å²) in [5.41, 5.74) is 3.16. The van der Waals surface area contributed by atoms with Gasteiger partial charge in [-0.3, -0.25) is 4.79 Å². The van der Waals surface area contributed by atoms with Gasteiger partial charge in [-0.05, 0) is 43.3 Å². The Morgan fingerprint density at radius 2 is 2.07 bits per heavy atom. The number of aryl methyl sites for hydroxylation is 1. The van der Waals surface area contributed by atoms with E-state index in [0.717, 1.165) is 5.65 Å². The van der Waals surface area contributed by atoms with Crippen LogP contribution in [0.4, 0.5) is 10.5 Å². The number of hydrogen-bond donors (Lipinski definition) is 2. The molecule has 1 aliphatic heterocycles. The van der Waals surface area contributed by atoms with Crippen LogP contribution in [0.15, 0.2) is 48.7 Å². The molecule has 0 bridgehead atoms. The number of hydrogen-bond acceptors (Lipinski definition) is 4. The van der Waals surface area contributed by atoms with Crippen molar-refractivity contribution in [3.05, 3.63) is 65.6 Å². The lowest BCUT2D eigenvalue weighted by Crippen LogP contribution is -2.53. The fourth-order valence-corrected chi connectivity index (χ4v) is 3.44. The molecule has 2 aromatic heterocycles. The van der Waals surface area contributed by atoms with Gasteiger partial charge in [-0.2, -0.15) is 5.26 Å². The Hall–Kier alpha value is -3.86. The van der Waals surface area contributed by atoms with Crippen molar-refractivity contribution >= 4 is 23.3 Å². The number of nitriles is 1. The van der Waals surface area contributed by atoms with E-state index in [0.29, 0.717) is 35.7 Å². The maximum Gasteiger partial charge on any atom is 0.322 e. The van der Waals surface area contributed by atoms with Crippen LogP contribution in [0.2, 0.25) is 0 Å². The van der Waals surface area contributed by atoms with E-state index in [1.807, 2.05) is 41.8 Å². The van der Waals surface area contributed by atoms with Gasteiger partial charge in [-0.15, -0.1) is 0 Å². The van der Waals surface area contributed by atoms with Crippen molar-refractivity contribution in [2.75, 3.05) is 18.4 Å². The first-order chi connectivity index (χ1) is 13.6. The lowest BCUT2D eigenvalue weighted by Gasteiger charge is -2.35. The number of nitrogens with one attached hydrogen (secondary N) is 2. The van der Waals surface area contributed by atoms with E-state index in [9.17, 15) is 9.59 Å². The Labute approximate surface area is 161 Å². The summed E-state index contributed by atoms with van der Waals surface area (Å²) in [4.78, 5) is 31.7. The van der Waals surface area contributed by atoms with Gasteiger partial charge in [0.05, 0.1) is 23.0 Å². The zero-order valence-corrected chi connectivity index (χ0v) is 15.2. The molecule has 1 saturated heterocycles. The van der Waals surface area contributed by atoms with Gasteiger partial charge in [0.2, 0.25) is 5.91 Å². The molecule has 0 aliphatic carbocycles. The molecule has 3 amide bonds. The number of benzene rings is 1. The average Bonchev–Trinajstić information content (AvgIpc) is 3.04. The Balaban J connectivity index is 1.68. The number of imidazole rings is 1. The van der Waals surface area contributed by atoms with E-state index in [1.54, 1.807) is 24.3 Å². The molecule has 3 aromatic rings. The van der Waals surface area contributed by atoms with Crippen molar-refractivity contribution < 1.29 is 9.59 Å². The molecule has 1 fully saturated rings. The van der Waals surface area contributed by atoms with Gasteiger partial charge in [0.15, 0.2) is 6.04 Å². The summed E-state index contributed by atoms with van der Waals surface area (Å²) < 4.78 is 1.84. The Kier molecular flexibility index (Phi) is 4.41. The van der Waals surface area contributed by atoms with Crippen LogP contribution in [0.5, 0.6) is 0 Å². The largest absolute Gasteiger partial charge is 0.352 e. The first-order valence-electron chi connectivity index (χ1n) is 8.87. The first-order valence-corrected chi connectivity index (χ1v) is 8.87. The molecule has 0 radical (unpaired) electrons. The molecular weight excluding hydrogens is 356 g/mol. The summed E-state index contributed by atoms with van der Waals surface area (Å²) in [7, 11) is 0. The third-order valence-electron chi connectivity index (χ3n) is 4.75. The summed E-state index contributed by atoms with van der Waals surface area (Å²) in [5, 5.41) is 14.5. The Morgan fingerprint density at radius 3 is 2.82 bits per heavy atom. The van der Waals surface area contributed by atoms with E-state index in [1.165, 1.54) is 4.90 Å². The van der Waals surface area contributed by atoms with Crippen LogP contribution >= 0.6 is 0 Å². The highest BCUT2D eigenvalue weighted by molar-refractivity contribution is 5.95. The maximum absolute atomic E-state index is 13.0. The minimum absolute atomic E-state index is 0.241.